The fraction of sp³-hybridized carbons (Fsp3) is 0.300. The van der Waals surface area contributed by atoms with E-state index in [0.29, 0.717) is 11.7 Å². The molecule has 0 aliphatic heterocycles. The van der Waals surface area contributed by atoms with Crippen LogP contribution in [0.15, 0.2) is 40.9 Å². The van der Waals surface area contributed by atoms with Crippen molar-refractivity contribution in [2.75, 3.05) is 18.5 Å². The lowest BCUT2D eigenvalue weighted by Crippen LogP contribution is -2.20. The molecule has 5 nitrogen and oxygen atoms in total. The maximum Gasteiger partial charge on any atom is 0.264 e. The number of nitrogens with zero attached hydrogens (tertiary/aromatic N) is 1. The third-order valence-corrected chi connectivity index (χ3v) is 5.27. The van der Waals surface area contributed by atoms with E-state index in [-0.39, 0.29) is 12.5 Å². The third-order valence-electron chi connectivity index (χ3n) is 3.84. The van der Waals surface area contributed by atoms with E-state index in [1.165, 1.54) is 11.3 Å². The van der Waals surface area contributed by atoms with Crippen molar-refractivity contribution in [2.45, 2.75) is 26.7 Å². The van der Waals surface area contributed by atoms with Crippen LogP contribution in [0.4, 0.5) is 5.13 Å². The highest BCUT2D eigenvalue weighted by atomic mass is 79.9. The molecule has 1 N–H and O–H groups in total. The highest BCUT2D eigenvalue weighted by molar-refractivity contribution is 9.10. The Balaban J connectivity index is 1.62. The second-order valence-corrected chi connectivity index (χ2v) is 7.89. The summed E-state index contributed by atoms with van der Waals surface area (Å²) in [6.45, 7) is 4.74. The van der Waals surface area contributed by atoms with Gasteiger partial charge in [-0.05, 0) is 54.8 Å². The van der Waals surface area contributed by atoms with Gasteiger partial charge in [0.25, 0.3) is 5.91 Å². The van der Waals surface area contributed by atoms with Crippen molar-refractivity contribution in [1.82, 2.24) is 4.98 Å². The van der Waals surface area contributed by atoms with Crippen molar-refractivity contribution >= 4 is 48.5 Å². The third kappa shape index (κ3) is 5.20. The first-order valence-electron chi connectivity index (χ1n) is 8.83. The van der Waals surface area contributed by atoms with Crippen LogP contribution in [0.2, 0.25) is 0 Å². The zero-order valence-corrected chi connectivity index (χ0v) is 17.7. The van der Waals surface area contributed by atoms with Gasteiger partial charge in [0, 0.05) is 4.47 Å². The van der Waals surface area contributed by atoms with Crippen LogP contribution in [0, 0.1) is 0 Å². The molecule has 3 aromatic rings. The van der Waals surface area contributed by atoms with E-state index in [9.17, 15) is 4.79 Å². The second-order valence-electron chi connectivity index (χ2n) is 5.94. The van der Waals surface area contributed by atoms with Gasteiger partial charge >= 0.3 is 0 Å². The molecule has 0 saturated carbocycles. The molecular formula is C20H21BrN2O3S. The summed E-state index contributed by atoms with van der Waals surface area (Å²) < 4.78 is 13.3. The fourth-order valence-electron chi connectivity index (χ4n) is 2.53. The van der Waals surface area contributed by atoms with Gasteiger partial charge in [0.1, 0.15) is 11.5 Å². The minimum atomic E-state index is -0.235. The first-order valence-corrected chi connectivity index (χ1v) is 10.4. The van der Waals surface area contributed by atoms with Crippen LogP contribution >= 0.6 is 27.3 Å². The Bertz CT molecular complexity index is 942. The first-order chi connectivity index (χ1) is 13.1. The molecule has 0 aliphatic rings. The predicted octanol–water partition coefficient (Wildman–Crippen LogP) is 5.43. The highest BCUT2D eigenvalue weighted by Crippen LogP contribution is 2.29. The Morgan fingerprint density at radius 1 is 1.19 bits per heavy atom. The Kier molecular flexibility index (Phi) is 6.68. The molecule has 1 heterocycles. The number of fused-ring (bicyclic) bond motifs is 1. The summed E-state index contributed by atoms with van der Waals surface area (Å²) in [5.74, 6) is 1.30. The van der Waals surface area contributed by atoms with Crippen molar-refractivity contribution in [2.24, 2.45) is 0 Å². The molecule has 27 heavy (non-hydrogen) atoms. The number of rotatable bonds is 8. The number of aromatic nitrogens is 1. The van der Waals surface area contributed by atoms with Crippen LogP contribution in [-0.4, -0.2) is 24.1 Å². The van der Waals surface area contributed by atoms with Gasteiger partial charge in [-0.15, -0.1) is 0 Å². The number of anilines is 1. The van der Waals surface area contributed by atoms with Crippen LogP contribution in [0.1, 0.15) is 25.8 Å². The van der Waals surface area contributed by atoms with Crippen LogP contribution in [0.5, 0.6) is 11.5 Å². The number of ether oxygens (including phenoxy) is 2. The fourth-order valence-corrected chi connectivity index (χ4v) is 3.85. The Labute approximate surface area is 170 Å². The quantitative estimate of drug-likeness (QED) is 0.499. The predicted molar refractivity (Wildman–Crippen MR) is 113 cm³/mol. The van der Waals surface area contributed by atoms with Gasteiger partial charge < -0.3 is 9.47 Å². The van der Waals surface area contributed by atoms with E-state index in [4.69, 9.17) is 9.47 Å². The molecule has 0 radical (unpaired) electrons. The first kappa shape index (κ1) is 19.6. The maximum absolute atomic E-state index is 12.2. The molecule has 0 unspecified atom stereocenters. The van der Waals surface area contributed by atoms with E-state index < -0.39 is 0 Å². The molecule has 1 aromatic heterocycles. The molecule has 2 aromatic carbocycles. The molecule has 0 aliphatic carbocycles. The minimum absolute atomic E-state index is 0.0601. The normalized spacial score (nSPS) is 10.8. The van der Waals surface area contributed by atoms with Crippen molar-refractivity contribution in [3.05, 3.63) is 46.4 Å². The van der Waals surface area contributed by atoms with Crippen molar-refractivity contribution in [1.29, 1.82) is 0 Å². The summed E-state index contributed by atoms with van der Waals surface area (Å²) in [6, 6.07) is 11.5. The summed E-state index contributed by atoms with van der Waals surface area (Å²) in [5.41, 5.74) is 1.89. The average molecular weight is 449 g/mol. The number of amides is 1. The van der Waals surface area contributed by atoms with Gasteiger partial charge in [-0.2, -0.15) is 0 Å². The van der Waals surface area contributed by atoms with Crippen molar-refractivity contribution < 1.29 is 14.3 Å². The van der Waals surface area contributed by atoms with Gasteiger partial charge in [-0.1, -0.05) is 41.1 Å². The standard InChI is InChI=1S/C20H21BrN2O3S/c1-3-9-25-15-6-7-16-18(11-15)27-20(22-16)23-19(24)12-26-17-8-5-14(21)10-13(17)4-2/h5-8,10-11H,3-4,9,12H2,1-2H3,(H,22,23,24). The maximum atomic E-state index is 12.2. The lowest BCUT2D eigenvalue weighted by molar-refractivity contribution is -0.118. The zero-order chi connectivity index (χ0) is 19.2. The zero-order valence-electron chi connectivity index (χ0n) is 15.3. The largest absolute Gasteiger partial charge is 0.494 e. The number of aryl methyl sites for hydroxylation is 1. The summed E-state index contributed by atoms with van der Waals surface area (Å²) >= 11 is 4.87. The minimum Gasteiger partial charge on any atom is -0.494 e. The lowest BCUT2D eigenvalue weighted by atomic mass is 10.1. The number of thiazole rings is 1. The number of benzene rings is 2. The SMILES string of the molecule is CCCOc1ccc2nc(NC(=O)COc3ccc(Br)cc3CC)sc2c1. The topological polar surface area (TPSA) is 60.5 Å². The molecule has 1 amide bonds. The Morgan fingerprint density at radius 3 is 2.81 bits per heavy atom. The number of nitrogens with one attached hydrogen (secondary N) is 1. The van der Waals surface area contributed by atoms with Gasteiger partial charge in [0.15, 0.2) is 11.7 Å². The van der Waals surface area contributed by atoms with Crippen LogP contribution in [-0.2, 0) is 11.2 Å². The van der Waals surface area contributed by atoms with E-state index >= 15 is 0 Å². The molecule has 0 atom stereocenters. The molecule has 0 saturated heterocycles. The molecular weight excluding hydrogens is 428 g/mol. The Hall–Kier alpha value is -2.12. The van der Waals surface area contributed by atoms with Gasteiger partial charge in [-0.3, -0.25) is 10.1 Å². The van der Waals surface area contributed by atoms with Crippen LogP contribution in [0.25, 0.3) is 10.2 Å². The Morgan fingerprint density at radius 2 is 2.04 bits per heavy atom. The van der Waals surface area contributed by atoms with E-state index in [0.717, 1.165) is 44.6 Å². The molecule has 0 spiro atoms. The van der Waals surface area contributed by atoms with Crippen molar-refractivity contribution in [3.8, 4) is 11.5 Å². The number of hydrogen-bond acceptors (Lipinski definition) is 5. The van der Waals surface area contributed by atoms with E-state index in [2.05, 4.69) is 33.2 Å². The van der Waals surface area contributed by atoms with Crippen molar-refractivity contribution in [3.63, 3.8) is 0 Å². The molecule has 3 rings (SSSR count). The number of carbonyl (C=O) groups excluding carboxylic acids is 1. The monoisotopic (exact) mass is 448 g/mol. The average Bonchev–Trinajstić information content (AvgIpc) is 3.06. The highest BCUT2D eigenvalue weighted by Gasteiger charge is 2.11. The number of halogens is 1. The van der Waals surface area contributed by atoms with Crippen LogP contribution < -0.4 is 14.8 Å². The summed E-state index contributed by atoms with van der Waals surface area (Å²) in [6.07, 6.45) is 1.79. The van der Waals surface area contributed by atoms with E-state index in [1.54, 1.807) is 0 Å². The molecule has 0 fully saturated rings. The summed E-state index contributed by atoms with van der Waals surface area (Å²) in [7, 11) is 0. The number of hydrogen-bond donors (Lipinski definition) is 1. The van der Waals surface area contributed by atoms with Gasteiger partial charge in [0.2, 0.25) is 0 Å². The van der Waals surface area contributed by atoms with E-state index in [1.807, 2.05) is 43.3 Å². The van der Waals surface area contributed by atoms with Crippen LogP contribution in [0.3, 0.4) is 0 Å². The second kappa shape index (κ2) is 9.19. The molecule has 7 heteroatoms. The summed E-state index contributed by atoms with van der Waals surface area (Å²) in [4.78, 5) is 16.7. The smallest absolute Gasteiger partial charge is 0.264 e. The molecule has 142 valence electrons. The number of carbonyl (C=O) groups is 1. The van der Waals surface area contributed by atoms with Gasteiger partial charge in [0.05, 0.1) is 16.8 Å². The van der Waals surface area contributed by atoms with Gasteiger partial charge in [-0.25, -0.2) is 4.98 Å². The molecule has 0 bridgehead atoms. The lowest BCUT2D eigenvalue weighted by Gasteiger charge is -2.10. The summed E-state index contributed by atoms with van der Waals surface area (Å²) in [5, 5.41) is 3.36.